The molecule has 0 radical (unpaired) electrons. The van der Waals surface area contributed by atoms with Crippen LogP contribution in [-0.4, -0.2) is 22.9 Å². The van der Waals surface area contributed by atoms with Crippen LogP contribution in [0.15, 0.2) is 53.9 Å². The maximum atomic E-state index is 12.9. The number of para-hydroxylation sites is 1. The maximum absolute atomic E-state index is 12.9. The molecule has 3 aromatic rings. The third kappa shape index (κ3) is 4.67. The van der Waals surface area contributed by atoms with E-state index in [2.05, 4.69) is 4.98 Å². The Hall–Kier alpha value is -3.22. The normalized spacial score (nSPS) is 12.1. The molecule has 1 atom stereocenters. The first-order chi connectivity index (χ1) is 14.2. The van der Waals surface area contributed by atoms with Crippen molar-refractivity contribution in [3.8, 4) is 17.3 Å². The first-order valence-electron chi connectivity index (χ1n) is 8.33. The number of alkyl halides is 3. The van der Waals surface area contributed by atoms with E-state index >= 15 is 0 Å². The Labute approximate surface area is 177 Å². The lowest BCUT2D eigenvalue weighted by Crippen LogP contribution is -2.30. The largest absolute Gasteiger partial charge is 0.471 e. The number of benzene rings is 2. The number of hydrogen-bond donors (Lipinski definition) is 1. The van der Waals surface area contributed by atoms with Crippen molar-refractivity contribution < 1.29 is 22.8 Å². The number of amides is 1. The molecule has 1 heterocycles. The summed E-state index contributed by atoms with van der Waals surface area (Å²) in [6.07, 6.45) is -5.12. The van der Waals surface area contributed by atoms with Gasteiger partial charge >= 0.3 is 12.1 Å². The quantitative estimate of drug-likeness (QED) is 0.525. The lowest BCUT2D eigenvalue weighted by atomic mass is 9.97. The summed E-state index contributed by atoms with van der Waals surface area (Å²) in [4.78, 5) is 28.5. The van der Waals surface area contributed by atoms with Gasteiger partial charge in [-0.05, 0) is 24.3 Å². The highest BCUT2D eigenvalue weighted by Gasteiger charge is 2.39. The molecule has 1 unspecified atom stereocenters. The van der Waals surface area contributed by atoms with Crippen LogP contribution in [0.3, 0.4) is 0 Å². The molecule has 1 N–H and O–H groups in total. The van der Waals surface area contributed by atoms with Gasteiger partial charge in [0.1, 0.15) is 5.01 Å². The van der Waals surface area contributed by atoms with Crippen LogP contribution in [0.5, 0.6) is 0 Å². The fraction of sp³-hybridized carbons (Fsp3) is 0.100. The van der Waals surface area contributed by atoms with Crippen molar-refractivity contribution in [1.82, 2.24) is 4.98 Å². The molecule has 0 aliphatic rings. The van der Waals surface area contributed by atoms with Gasteiger partial charge in [0.25, 0.3) is 0 Å². The van der Waals surface area contributed by atoms with Crippen LogP contribution in [0.25, 0.3) is 11.3 Å². The molecule has 10 heteroatoms. The summed E-state index contributed by atoms with van der Waals surface area (Å²) in [5.74, 6) is -4.33. The molecule has 0 saturated carbocycles. The number of nitrogens with one attached hydrogen (secondary N) is 1. The molecule has 5 nitrogen and oxygen atoms in total. The van der Waals surface area contributed by atoms with Crippen molar-refractivity contribution >= 4 is 40.3 Å². The Balaban J connectivity index is 1.90. The SMILES string of the molecule is N#CC(C(=O)c1ccccc1NC(=O)C(F)(F)F)c1nc(-c2ccc(Cl)cc2)cs1. The van der Waals surface area contributed by atoms with Gasteiger partial charge in [0.05, 0.1) is 17.5 Å². The Bertz CT molecular complexity index is 1140. The van der Waals surface area contributed by atoms with Gasteiger partial charge in [-0.2, -0.15) is 18.4 Å². The van der Waals surface area contributed by atoms with Gasteiger partial charge in [-0.1, -0.05) is 35.9 Å². The second-order valence-corrected chi connectivity index (χ2v) is 7.33. The minimum Gasteiger partial charge on any atom is -0.318 e. The summed E-state index contributed by atoms with van der Waals surface area (Å²) in [6.45, 7) is 0. The Morgan fingerprint density at radius 3 is 2.43 bits per heavy atom. The summed E-state index contributed by atoms with van der Waals surface area (Å²) >= 11 is 6.93. The topological polar surface area (TPSA) is 82.9 Å². The van der Waals surface area contributed by atoms with Gasteiger partial charge in [-0.25, -0.2) is 4.98 Å². The van der Waals surface area contributed by atoms with Gasteiger partial charge in [0.2, 0.25) is 0 Å². The number of anilines is 1. The summed E-state index contributed by atoms with van der Waals surface area (Å²) < 4.78 is 37.7. The van der Waals surface area contributed by atoms with E-state index in [-0.39, 0.29) is 16.3 Å². The maximum Gasteiger partial charge on any atom is 0.471 e. The van der Waals surface area contributed by atoms with E-state index in [0.29, 0.717) is 10.7 Å². The van der Waals surface area contributed by atoms with Gasteiger partial charge < -0.3 is 5.32 Å². The molecule has 2 aromatic carbocycles. The molecule has 30 heavy (non-hydrogen) atoms. The van der Waals surface area contributed by atoms with E-state index in [1.54, 1.807) is 35.0 Å². The number of hydrogen-bond acceptors (Lipinski definition) is 5. The third-order valence-corrected chi connectivity index (χ3v) is 5.16. The number of ketones is 1. The third-order valence-electron chi connectivity index (χ3n) is 4.00. The molecule has 0 bridgehead atoms. The minimum absolute atomic E-state index is 0.185. The first kappa shape index (κ1) is 21.5. The van der Waals surface area contributed by atoms with E-state index in [9.17, 15) is 28.0 Å². The molecule has 152 valence electrons. The molecule has 1 aromatic heterocycles. The molecular formula is C20H11ClF3N3O2S. The van der Waals surface area contributed by atoms with Gasteiger partial charge in [-0.15, -0.1) is 11.3 Å². The zero-order valence-electron chi connectivity index (χ0n) is 14.9. The molecule has 0 spiro atoms. The number of halogens is 4. The first-order valence-corrected chi connectivity index (χ1v) is 9.59. The Morgan fingerprint density at radius 2 is 1.80 bits per heavy atom. The summed E-state index contributed by atoms with van der Waals surface area (Å²) in [6, 6.07) is 13.8. The van der Waals surface area contributed by atoms with Crippen molar-refractivity contribution in [1.29, 1.82) is 5.26 Å². The van der Waals surface area contributed by atoms with Crippen molar-refractivity contribution in [2.75, 3.05) is 5.32 Å². The zero-order valence-corrected chi connectivity index (χ0v) is 16.5. The van der Waals surface area contributed by atoms with Crippen LogP contribution < -0.4 is 5.32 Å². The number of Topliss-reactive ketones (excluding diaryl/α,β-unsaturated/α-hetero) is 1. The monoisotopic (exact) mass is 449 g/mol. The van der Waals surface area contributed by atoms with Crippen LogP contribution in [0.1, 0.15) is 21.3 Å². The summed E-state index contributed by atoms with van der Waals surface area (Å²) in [5, 5.41) is 13.6. The average molecular weight is 450 g/mol. The van der Waals surface area contributed by atoms with Crippen LogP contribution in [0.4, 0.5) is 18.9 Å². The van der Waals surface area contributed by atoms with Crippen molar-refractivity contribution in [3.05, 3.63) is 69.5 Å². The van der Waals surface area contributed by atoms with Gasteiger partial charge in [0, 0.05) is 21.5 Å². The van der Waals surface area contributed by atoms with E-state index in [1.807, 2.05) is 6.07 Å². The van der Waals surface area contributed by atoms with Crippen molar-refractivity contribution in [2.24, 2.45) is 0 Å². The highest BCUT2D eigenvalue weighted by atomic mass is 35.5. The lowest BCUT2D eigenvalue weighted by Gasteiger charge is -2.13. The highest BCUT2D eigenvalue weighted by molar-refractivity contribution is 7.10. The van der Waals surface area contributed by atoms with Crippen LogP contribution in [0, 0.1) is 11.3 Å². The Kier molecular flexibility index (Phi) is 6.20. The van der Waals surface area contributed by atoms with Crippen molar-refractivity contribution in [2.45, 2.75) is 12.1 Å². The zero-order chi connectivity index (χ0) is 21.9. The number of rotatable bonds is 5. The van der Waals surface area contributed by atoms with E-state index in [1.165, 1.54) is 18.2 Å². The standard InChI is InChI=1S/C20H11ClF3N3O2S/c21-12-7-5-11(6-8-12)16-10-30-18(26-16)14(9-25)17(28)13-3-1-2-4-15(13)27-19(29)20(22,23)24/h1-8,10,14H,(H,27,29). The number of nitriles is 1. The number of aromatic nitrogens is 1. The van der Waals surface area contributed by atoms with Gasteiger partial charge in [-0.3, -0.25) is 9.59 Å². The number of carbonyl (C=O) groups is 2. The van der Waals surface area contributed by atoms with Gasteiger partial charge in [0.15, 0.2) is 11.7 Å². The molecule has 0 aliphatic heterocycles. The van der Waals surface area contributed by atoms with E-state index in [4.69, 9.17) is 11.6 Å². The van der Waals surface area contributed by atoms with E-state index < -0.39 is 23.8 Å². The Morgan fingerprint density at radius 1 is 1.13 bits per heavy atom. The van der Waals surface area contributed by atoms with Crippen LogP contribution in [-0.2, 0) is 4.79 Å². The minimum atomic E-state index is -5.12. The highest BCUT2D eigenvalue weighted by Crippen LogP contribution is 2.31. The van der Waals surface area contributed by atoms with Crippen LogP contribution >= 0.6 is 22.9 Å². The number of carbonyl (C=O) groups excluding carboxylic acids is 2. The molecular weight excluding hydrogens is 439 g/mol. The summed E-state index contributed by atoms with van der Waals surface area (Å²) in [5.41, 5.74) is 0.701. The smallest absolute Gasteiger partial charge is 0.318 e. The second-order valence-electron chi connectivity index (χ2n) is 6.00. The lowest BCUT2D eigenvalue weighted by molar-refractivity contribution is -0.167. The van der Waals surface area contributed by atoms with Crippen LogP contribution in [0.2, 0.25) is 5.02 Å². The van der Waals surface area contributed by atoms with Crippen molar-refractivity contribution in [3.63, 3.8) is 0 Å². The average Bonchev–Trinajstić information content (AvgIpc) is 3.18. The molecule has 0 fully saturated rings. The molecule has 0 saturated heterocycles. The predicted octanol–water partition coefficient (Wildman–Crippen LogP) is 5.45. The molecule has 3 rings (SSSR count). The number of thiazole rings is 1. The second kappa shape index (κ2) is 8.65. The van der Waals surface area contributed by atoms with E-state index in [0.717, 1.165) is 23.0 Å². The molecule has 0 aliphatic carbocycles. The predicted molar refractivity (Wildman–Crippen MR) is 106 cm³/mol. The summed E-state index contributed by atoms with van der Waals surface area (Å²) in [7, 11) is 0. The fourth-order valence-electron chi connectivity index (χ4n) is 2.56. The fourth-order valence-corrected chi connectivity index (χ4v) is 3.55. The molecule has 1 amide bonds. The number of nitrogens with zero attached hydrogens (tertiary/aromatic N) is 2.